The van der Waals surface area contributed by atoms with Crippen LogP contribution in [0.25, 0.3) is 0 Å². The predicted octanol–water partition coefficient (Wildman–Crippen LogP) is 2.48. The average molecular weight is 195 g/mol. The minimum absolute atomic E-state index is 0.313. The zero-order valence-electron chi connectivity index (χ0n) is 8.89. The quantitative estimate of drug-likeness (QED) is 0.627. The molecule has 0 saturated carbocycles. The Morgan fingerprint density at radius 2 is 2.00 bits per heavy atom. The Morgan fingerprint density at radius 1 is 1.38 bits per heavy atom. The number of nitrogens with zero attached hydrogens (tertiary/aromatic N) is 1. The summed E-state index contributed by atoms with van der Waals surface area (Å²) < 4.78 is 0. The Kier molecular flexibility index (Phi) is 3.08. The second kappa shape index (κ2) is 3.75. The fourth-order valence-corrected chi connectivity index (χ4v) is 1.71. The van der Waals surface area contributed by atoms with Crippen molar-refractivity contribution in [3.8, 4) is 0 Å². The molecule has 1 nitrogen and oxygen atoms in total. The lowest BCUT2D eigenvalue weighted by atomic mass is 9.90. The average Bonchev–Trinajstić information content (AvgIpc) is 1.93. The van der Waals surface area contributed by atoms with Crippen LogP contribution in [0.1, 0.15) is 32.0 Å². The molecule has 0 N–H and O–H groups in total. The van der Waals surface area contributed by atoms with Crippen LogP contribution >= 0.6 is 9.24 Å². The van der Waals surface area contributed by atoms with E-state index < -0.39 is 0 Å². The predicted molar refractivity (Wildman–Crippen MR) is 61.5 cm³/mol. The molecule has 1 aromatic rings. The molecule has 0 radical (unpaired) electrons. The summed E-state index contributed by atoms with van der Waals surface area (Å²) in [7, 11) is 2.76. The van der Waals surface area contributed by atoms with Gasteiger partial charge in [-0.3, -0.25) is 4.98 Å². The van der Waals surface area contributed by atoms with E-state index in [9.17, 15) is 0 Å². The summed E-state index contributed by atoms with van der Waals surface area (Å²) >= 11 is 0. The summed E-state index contributed by atoms with van der Waals surface area (Å²) in [5, 5.41) is 1.23. The molecule has 0 aliphatic heterocycles. The van der Waals surface area contributed by atoms with Gasteiger partial charge in [-0.2, -0.15) is 0 Å². The molecule has 13 heavy (non-hydrogen) atoms. The zero-order chi connectivity index (χ0) is 10.1. The van der Waals surface area contributed by atoms with Gasteiger partial charge in [0.05, 0.1) is 0 Å². The van der Waals surface area contributed by atoms with Crippen LogP contribution in [0.3, 0.4) is 0 Å². The van der Waals surface area contributed by atoms with Gasteiger partial charge in [0.1, 0.15) is 0 Å². The Morgan fingerprint density at radius 3 is 2.46 bits per heavy atom. The summed E-state index contributed by atoms with van der Waals surface area (Å²) in [5.41, 5.74) is 2.74. The lowest BCUT2D eigenvalue weighted by Gasteiger charge is -2.18. The Labute approximate surface area is 83.2 Å². The van der Waals surface area contributed by atoms with Gasteiger partial charge < -0.3 is 0 Å². The highest BCUT2D eigenvalue weighted by molar-refractivity contribution is 7.27. The van der Waals surface area contributed by atoms with Crippen molar-refractivity contribution < 1.29 is 0 Å². The largest absolute Gasteiger partial charge is 0.260 e. The molecule has 2 heteroatoms. The number of hydrogen-bond acceptors (Lipinski definition) is 1. The van der Waals surface area contributed by atoms with Crippen LogP contribution < -0.4 is 5.30 Å². The van der Waals surface area contributed by atoms with Gasteiger partial charge in [-0.15, -0.1) is 9.24 Å². The van der Waals surface area contributed by atoms with Crippen molar-refractivity contribution in [1.29, 1.82) is 0 Å². The van der Waals surface area contributed by atoms with Crippen molar-refractivity contribution in [3.63, 3.8) is 0 Å². The van der Waals surface area contributed by atoms with E-state index in [4.69, 9.17) is 0 Å². The Balaban J connectivity index is 2.90. The minimum Gasteiger partial charge on any atom is -0.260 e. The van der Waals surface area contributed by atoms with E-state index in [0.29, 0.717) is 5.41 Å². The maximum Gasteiger partial charge on any atom is 0.0480 e. The van der Waals surface area contributed by atoms with Crippen LogP contribution in [-0.2, 0) is 6.42 Å². The van der Waals surface area contributed by atoms with Crippen molar-refractivity contribution in [2.45, 2.75) is 34.1 Å². The molecule has 1 atom stereocenters. The van der Waals surface area contributed by atoms with E-state index in [1.54, 1.807) is 0 Å². The van der Waals surface area contributed by atoms with Gasteiger partial charge in [-0.25, -0.2) is 0 Å². The molecule has 72 valence electrons. The first-order valence-electron chi connectivity index (χ1n) is 4.59. The molecule has 0 amide bonds. The van der Waals surface area contributed by atoms with E-state index in [0.717, 1.165) is 6.42 Å². The molecular weight excluding hydrogens is 177 g/mol. The molecule has 0 bridgehead atoms. The topological polar surface area (TPSA) is 12.9 Å². The highest BCUT2D eigenvalue weighted by atomic mass is 31.0. The standard InChI is InChI=1S/C11H18NP/c1-8-5-10(13)9(12-7-8)6-11(2,3)4/h5,7H,6,13H2,1-4H3. The van der Waals surface area contributed by atoms with Gasteiger partial charge in [0.25, 0.3) is 0 Å². The monoisotopic (exact) mass is 195 g/mol. The van der Waals surface area contributed by atoms with Gasteiger partial charge in [0, 0.05) is 11.9 Å². The maximum atomic E-state index is 4.44. The Hall–Kier alpha value is -0.420. The summed E-state index contributed by atoms with van der Waals surface area (Å²) in [6.07, 6.45) is 2.97. The summed E-state index contributed by atoms with van der Waals surface area (Å²) in [5.74, 6) is 0. The summed E-state index contributed by atoms with van der Waals surface area (Å²) in [4.78, 5) is 4.44. The highest BCUT2D eigenvalue weighted by Gasteiger charge is 2.13. The van der Waals surface area contributed by atoms with Crippen LogP contribution in [0, 0.1) is 12.3 Å². The smallest absolute Gasteiger partial charge is 0.0480 e. The van der Waals surface area contributed by atoms with Gasteiger partial charge >= 0.3 is 0 Å². The number of hydrogen-bond donors (Lipinski definition) is 0. The fourth-order valence-electron chi connectivity index (χ4n) is 1.27. The summed E-state index contributed by atoms with van der Waals surface area (Å²) in [6.45, 7) is 8.78. The third-order valence-corrected chi connectivity index (χ3v) is 2.34. The fraction of sp³-hybridized carbons (Fsp3) is 0.545. The van der Waals surface area contributed by atoms with E-state index >= 15 is 0 Å². The lowest BCUT2D eigenvalue weighted by molar-refractivity contribution is 0.407. The Bertz CT molecular complexity index is 299. The molecular formula is C11H18NP. The van der Waals surface area contributed by atoms with Crippen LogP contribution in [0.2, 0.25) is 0 Å². The second-order valence-corrected chi connectivity index (χ2v) is 5.41. The van der Waals surface area contributed by atoms with Crippen molar-refractivity contribution >= 4 is 14.5 Å². The molecule has 0 spiro atoms. The van der Waals surface area contributed by atoms with Crippen molar-refractivity contribution in [2.24, 2.45) is 5.41 Å². The van der Waals surface area contributed by atoms with Crippen molar-refractivity contribution in [1.82, 2.24) is 4.98 Å². The van der Waals surface area contributed by atoms with Crippen LogP contribution in [0.5, 0.6) is 0 Å². The number of pyridine rings is 1. The molecule has 0 fully saturated rings. The lowest BCUT2D eigenvalue weighted by Crippen LogP contribution is -2.16. The van der Waals surface area contributed by atoms with Gasteiger partial charge in [0.2, 0.25) is 0 Å². The summed E-state index contributed by atoms with van der Waals surface area (Å²) in [6, 6.07) is 2.17. The SMILES string of the molecule is Cc1cnc(CC(C)(C)C)c(P)c1. The third-order valence-electron chi connectivity index (χ3n) is 1.84. The third kappa shape index (κ3) is 3.44. The normalized spacial score (nSPS) is 11.8. The first kappa shape index (κ1) is 10.7. The van der Waals surface area contributed by atoms with Gasteiger partial charge in [-0.1, -0.05) is 20.8 Å². The molecule has 1 heterocycles. The molecule has 0 aliphatic rings. The maximum absolute atomic E-state index is 4.44. The van der Waals surface area contributed by atoms with Crippen LogP contribution in [0.4, 0.5) is 0 Å². The molecule has 1 rings (SSSR count). The van der Waals surface area contributed by atoms with Crippen molar-refractivity contribution in [2.75, 3.05) is 0 Å². The number of aryl methyl sites for hydroxylation is 1. The molecule has 1 aromatic heterocycles. The van der Waals surface area contributed by atoms with Gasteiger partial charge in [0.15, 0.2) is 0 Å². The zero-order valence-corrected chi connectivity index (χ0v) is 10.0. The first-order valence-corrected chi connectivity index (χ1v) is 5.17. The van der Waals surface area contributed by atoms with E-state index in [2.05, 4.69) is 48.0 Å². The molecule has 0 aliphatic carbocycles. The highest BCUT2D eigenvalue weighted by Crippen LogP contribution is 2.19. The van der Waals surface area contributed by atoms with Gasteiger partial charge in [-0.05, 0) is 35.7 Å². The van der Waals surface area contributed by atoms with Crippen molar-refractivity contribution in [3.05, 3.63) is 23.5 Å². The minimum atomic E-state index is 0.313. The van der Waals surface area contributed by atoms with E-state index in [1.165, 1.54) is 16.6 Å². The second-order valence-electron chi connectivity index (χ2n) is 4.79. The number of aromatic nitrogens is 1. The van der Waals surface area contributed by atoms with Crippen LogP contribution in [0.15, 0.2) is 12.3 Å². The molecule has 0 aromatic carbocycles. The molecule has 1 unspecified atom stereocenters. The van der Waals surface area contributed by atoms with E-state index in [1.807, 2.05) is 6.20 Å². The van der Waals surface area contributed by atoms with Crippen LogP contribution in [-0.4, -0.2) is 4.98 Å². The molecule has 0 saturated heterocycles. The first-order chi connectivity index (χ1) is 5.88. The number of rotatable bonds is 1. The van der Waals surface area contributed by atoms with E-state index in [-0.39, 0.29) is 0 Å².